The lowest BCUT2D eigenvalue weighted by molar-refractivity contribution is -0.121. The van der Waals surface area contributed by atoms with Crippen molar-refractivity contribution in [2.75, 3.05) is 13.2 Å². The van der Waals surface area contributed by atoms with E-state index in [1.165, 1.54) is 6.07 Å². The van der Waals surface area contributed by atoms with Crippen molar-refractivity contribution in [2.45, 2.75) is 12.8 Å². The van der Waals surface area contributed by atoms with Crippen LogP contribution in [0.15, 0.2) is 78.9 Å². The predicted octanol–water partition coefficient (Wildman–Crippen LogP) is 3.68. The monoisotopic (exact) mass is 422 g/mol. The fourth-order valence-electron chi connectivity index (χ4n) is 2.81. The Bertz CT molecular complexity index is 1010. The molecule has 2 N–H and O–H groups in total. The highest BCUT2D eigenvalue weighted by Crippen LogP contribution is 2.18. The minimum absolute atomic E-state index is 0.0379. The number of para-hydroxylation sites is 2. The molecule has 0 unspecified atom stereocenters. The summed E-state index contributed by atoms with van der Waals surface area (Å²) in [6, 6.07) is 22.3. The Morgan fingerprint density at radius 3 is 2.26 bits per heavy atom. The fourth-order valence-corrected chi connectivity index (χ4v) is 2.81. The second-order valence-corrected chi connectivity index (χ2v) is 6.60. The van der Waals surface area contributed by atoms with E-state index in [1.54, 1.807) is 42.5 Å². The molecule has 0 aromatic heterocycles. The third kappa shape index (κ3) is 6.85. The molecule has 0 saturated carbocycles. The van der Waals surface area contributed by atoms with E-state index in [-0.39, 0.29) is 30.8 Å². The molecule has 0 radical (unpaired) electrons. The van der Waals surface area contributed by atoms with Gasteiger partial charge in [-0.05, 0) is 42.3 Å². The molecule has 2 amide bonds. The van der Waals surface area contributed by atoms with Crippen molar-refractivity contribution in [2.24, 2.45) is 0 Å². The van der Waals surface area contributed by atoms with Gasteiger partial charge < -0.3 is 9.47 Å². The number of amides is 2. The average Bonchev–Trinajstić information content (AvgIpc) is 2.80. The summed E-state index contributed by atoms with van der Waals surface area (Å²) in [6.07, 6.45) is 0.270. The third-order valence-electron chi connectivity index (χ3n) is 4.38. The first kappa shape index (κ1) is 21.8. The highest BCUT2D eigenvalue weighted by molar-refractivity contribution is 5.97. The van der Waals surface area contributed by atoms with E-state index in [4.69, 9.17) is 9.47 Å². The molecule has 0 aliphatic heterocycles. The molecule has 0 atom stereocenters. The lowest BCUT2D eigenvalue weighted by Crippen LogP contribution is -2.41. The maximum atomic E-state index is 13.6. The van der Waals surface area contributed by atoms with E-state index in [2.05, 4.69) is 10.9 Å². The summed E-state index contributed by atoms with van der Waals surface area (Å²) in [5.41, 5.74) is 5.43. The van der Waals surface area contributed by atoms with Crippen LogP contribution < -0.4 is 20.3 Å². The van der Waals surface area contributed by atoms with Gasteiger partial charge in [-0.15, -0.1) is 0 Å². The van der Waals surface area contributed by atoms with E-state index in [1.807, 2.05) is 30.3 Å². The smallest absolute Gasteiger partial charge is 0.273 e. The third-order valence-corrected chi connectivity index (χ3v) is 4.38. The molecule has 0 aliphatic rings. The van der Waals surface area contributed by atoms with E-state index in [0.29, 0.717) is 17.9 Å². The largest absolute Gasteiger partial charge is 0.490 e. The van der Waals surface area contributed by atoms with Crippen LogP contribution in [0.2, 0.25) is 0 Å². The van der Waals surface area contributed by atoms with Crippen LogP contribution in [0.3, 0.4) is 0 Å². The molecule has 3 aromatic rings. The van der Waals surface area contributed by atoms with Gasteiger partial charge in [-0.1, -0.05) is 48.5 Å². The van der Waals surface area contributed by atoms with Gasteiger partial charge in [0, 0.05) is 6.42 Å². The van der Waals surface area contributed by atoms with Gasteiger partial charge in [0.05, 0.1) is 5.56 Å². The Hall–Kier alpha value is -3.87. The van der Waals surface area contributed by atoms with Crippen LogP contribution in [0.4, 0.5) is 4.39 Å². The number of ether oxygens (including phenoxy) is 2. The molecule has 0 spiro atoms. The molecule has 0 bridgehead atoms. The number of carbonyl (C=O) groups is 2. The van der Waals surface area contributed by atoms with Crippen LogP contribution >= 0.6 is 0 Å². The zero-order valence-electron chi connectivity index (χ0n) is 16.8. The summed E-state index contributed by atoms with van der Waals surface area (Å²) in [7, 11) is 0. The Morgan fingerprint density at radius 1 is 0.774 bits per heavy atom. The zero-order chi connectivity index (χ0) is 21.9. The number of halogens is 1. The maximum Gasteiger partial charge on any atom is 0.273 e. The summed E-state index contributed by atoms with van der Waals surface area (Å²) in [6.45, 7) is 0.556. The Kier molecular flexibility index (Phi) is 7.99. The van der Waals surface area contributed by atoms with Crippen molar-refractivity contribution in [3.8, 4) is 11.5 Å². The predicted molar refractivity (Wildman–Crippen MR) is 114 cm³/mol. The van der Waals surface area contributed by atoms with Gasteiger partial charge >= 0.3 is 0 Å². The lowest BCUT2D eigenvalue weighted by atomic mass is 10.1. The Morgan fingerprint density at radius 2 is 1.45 bits per heavy atom. The van der Waals surface area contributed by atoms with Crippen molar-refractivity contribution in [3.63, 3.8) is 0 Å². The van der Waals surface area contributed by atoms with Crippen LogP contribution in [0.1, 0.15) is 22.3 Å². The lowest BCUT2D eigenvalue weighted by Gasteiger charge is -2.13. The molecule has 31 heavy (non-hydrogen) atoms. The summed E-state index contributed by atoms with van der Waals surface area (Å²) in [4.78, 5) is 24.5. The number of hydrogen-bond donors (Lipinski definition) is 2. The molecule has 0 aliphatic carbocycles. The van der Waals surface area contributed by atoms with Crippen LogP contribution in [0.25, 0.3) is 0 Å². The second kappa shape index (κ2) is 11.3. The molecule has 160 valence electrons. The molecule has 7 heteroatoms. The van der Waals surface area contributed by atoms with Gasteiger partial charge in [0.1, 0.15) is 30.5 Å². The first-order chi connectivity index (χ1) is 15.1. The normalized spacial score (nSPS) is 10.2. The number of hydrogen-bond acceptors (Lipinski definition) is 4. The standard InChI is InChI=1S/C24H23FN2O4/c25-21-12-6-4-8-18(21)14-15-23(28)26-27-24(29)20-11-5-7-13-22(20)31-17-16-30-19-9-2-1-3-10-19/h1-13H,14-17H2,(H,26,28)(H,27,29). The number of benzene rings is 3. The van der Waals surface area contributed by atoms with Crippen molar-refractivity contribution in [1.29, 1.82) is 0 Å². The number of nitrogens with one attached hydrogen (secondary N) is 2. The van der Waals surface area contributed by atoms with Crippen molar-refractivity contribution >= 4 is 11.8 Å². The molecular weight excluding hydrogens is 399 g/mol. The van der Waals surface area contributed by atoms with Crippen LogP contribution in [-0.4, -0.2) is 25.0 Å². The van der Waals surface area contributed by atoms with Gasteiger partial charge in [0.15, 0.2) is 0 Å². The summed E-state index contributed by atoms with van der Waals surface area (Å²) in [5.74, 6) is -0.195. The number of aryl methyl sites for hydroxylation is 1. The van der Waals surface area contributed by atoms with Crippen molar-refractivity contribution < 1.29 is 23.5 Å². The van der Waals surface area contributed by atoms with Crippen LogP contribution in [0.5, 0.6) is 11.5 Å². The summed E-state index contributed by atoms with van der Waals surface area (Å²) < 4.78 is 24.9. The summed E-state index contributed by atoms with van der Waals surface area (Å²) in [5, 5.41) is 0. The second-order valence-electron chi connectivity index (χ2n) is 6.60. The average molecular weight is 422 g/mol. The molecular formula is C24H23FN2O4. The quantitative estimate of drug-likeness (QED) is 0.407. The highest BCUT2D eigenvalue weighted by atomic mass is 19.1. The van der Waals surface area contributed by atoms with Crippen molar-refractivity contribution in [1.82, 2.24) is 10.9 Å². The van der Waals surface area contributed by atoms with Gasteiger partial charge in [-0.2, -0.15) is 0 Å². The van der Waals surface area contributed by atoms with E-state index >= 15 is 0 Å². The SMILES string of the molecule is O=C(CCc1ccccc1F)NNC(=O)c1ccccc1OCCOc1ccccc1. The van der Waals surface area contributed by atoms with E-state index < -0.39 is 11.8 Å². The highest BCUT2D eigenvalue weighted by Gasteiger charge is 2.13. The van der Waals surface area contributed by atoms with E-state index in [9.17, 15) is 14.0 Å². The number of rotatable bonds is 9. The first-order valence-electron chi connectivity index (χ1n) is 9.86. The molecule has 0 saturated heterocycles. The Labute approximate surface area is 180 Å². The van der Waals surface area contributed by atoms with Gasteiger partial charge in [0.2, 0.25) is 5.91 Å². The van der Waals surface area contributed by atoms with Gasteiger partial charge in [-0.3, -0.25) is 20.4 Å². The van der Waals surface area contributed by atoms with Crippen molar-refractivity contribution in [3.05, 3.63) is 95.8 Å². The summed E-state index contributed by atoms with van der Waals surface area (Å²) >= 11 is 0. The number of carbonyl (C=O) groups excluding carboxylic acids is 2. The zero-order valence-corrected chi connectivity index (χ0v) is 16.8. The van der Waals surface area contributed by atoms with Gasteiger partial charge in [-0.25, -0.2) is 4.39 Å². The van der Waals surface area contributed by atoms with Crippen LogP contribution in [0, 0.1) is 5.82 Å². The minimum atomic E-state index is -0.515. The maximum absolute atomic E-state index is 13.6. The Balaban J connectivity index is 1.45. The minimum Gasteiger partial charge on any atom is -0.490 e. The van der Waals surface area contributed by atoms with E-state index in [0.717, 1.165) is 5.75 Å². The molecule has 3 rings (SSSR count). The fraction of sp³-hybridized carbons (Fsp3) is 0.167. The molecule has 3 aromatic carbocycles. The molecule has 0 fully saturated rings. The van der Waals surface area contributed by atoms with Crippen LogP contribution in [-0.2, 0) is 11.2 Å². The molecule has 6 nitrogen and oxygen atoms in total. The topological polar surface area (TPSA) is 76.7 Å². The molecule has 0 heterocycles. The van der Waals surface area contributed by atoms with Gasteiger partial charge in [0.25, 0.3) is 5.91 Å². The number of hydrazine groups is 1. The first-order valence-corrected chi connectivity index (χ1v) is 9.86.